The van der Waals surface area contributed by atoms with Crippen molar-refractivity contribution in [2.45, 2.75) is 25.1 Å². The van der Waals surface area contributed by atoms with Crippen LogP contribution in [0.15, 0.2) is 48.5 Å². The van der Waals surface area contributed by atoms with Gasteiger partial charge in [0.1, 0.15) is 5.82 Å². The molecule has 0 saturated carbocycles. The van der Waals surface area contributed by atoms with Gasteiger partial charge in [-0.05, 0) is 42.3 Å². The van der Waals surface area contributed by atoms with Gasteiger partial charge >= 0.3 is 0 Å². The highest BCUT2D eigenvalue weighted by atomic mass is 32.2. The lowest BCUT2D eigenvalue weighted by Gasteiger charge is -2.07. The molecule has 0 bridgehead atoms. The lowest BCUT2D eigenvalue weighted by molar-refractivity contribution is -0.121. The second-order valence-corrected chi connectivity index (χ2v) is 7.61. The molecule has 0 heterocycles. The Bertz CT molecular complexity index is 820. The maximum atomic E-state index is 13.1. The summed E-state index contributed by atoms with van der Waals surface area (Å²) in [6.07, 6.45) is 0.756. The van der Waals surface area contributed by atoms with Crippen LogP contribution in [0.2, 0.25) is 0 Å². The predicted octanol–water partition coefficient (Wildman–Crippen LogP) is 2.12. The van der Waals surface area contributed by atoms with E-state index in [-0.39, 0.29) is 23.9 Å². The lowest BCUT2D eigenvalue weighted by atomic mass is 10.1. The number of amides is 1. The highest BCUT2D eigenvalue weighted by Crippen LogP contribution is 2.09. The zero-order valence-electron chi connectivity index (χ0n) is 14.0. The number of carbonyl (C=O) groups is 1. The first kappa shape index (κ1) is 19.1. The Balaban J connectivity index is 1.79. The molecule has 2 N–H and O–H groups in total. The van der Waals surface area contributed by atoms with Gasteiger partial charge in [0.05, 0.1) is 5.75 Å². The van der Waals surface area contributed by atoms with Crippen molar-refractivity contribution in [3.63, 3.8) is 0 Å². The largest absolute Gasteiger partial charge is 0.352 e. The number of nitrogens with one attached hydrogen (secondary N) is 2. The quantitative estimate of drug-likeness (QED) is 0.753. The minimum Gasteiger partial charge on any atom is -0.352 e. The number of aryl methyl sites for hydroxylation is 1. The van der Waals surface area contributed by atoms with Crippen LogP contribution < -0.4 is 10.0 Å². The van der Waals surface area contributed by atoms with Gasteiger partial charge in [-0.2, -0.15) is 0 Å². The highest BCUT2D eigenvalue weighted by Gasteiger charge is 2.08. The fraction of sp³-hybridized carbons (Fsp3) is 0.278. The number of sulfonamides is 1. The van der Waals surface area contributed by atoms with Gasteiger partial charge in [0, 0.05) is 13.0 Å². The molecule has 0 saturated heterocycles. The highest BCUT2D eigenvalue weighted by molar-refractivity contribution is 7.88. The van der Waals surface area contributed by atoms with E-state index in [1.807, 2.05) is 0 Å². The smallest absolute Gasteiger partial charge is 0.220 e. The summed E-state index contributed by atoms with van der Waals surface area (Å²) in [6.45, 7) is 0.362. The van der Waals surface area contributed by atoms with E-state index < -0.39 is 10.0 Å². The van der Waals surface area contributed by atoms with Crippen LogP contribution in [-0.2, 0) is 33.5 Å². The molecule has 2 aromatic rings. The molecule has 0 unspecified atom stereocenters. The van der Waals surface area contributed by atoms with Gasteiger partial charge in [-0.1, -0.05) is 36.4 Å². The average molecular weight is 364 g/mol. The molecule has 0 atom stereocenters. The molecule has 0 aliphatic heterocycles. The van der Waals surface area contributed by atoms with Crippen LogP contribution in [0.4, 0.5) is 4.39 Å². The number of hydrogen-bond donors (Lipinski definition) is 2. The molecule has 0 spiro atoms. The molecule has 0 radical (unpaired) electrons. The van der Waals surface area contributed by atoms with Crippen LogP contribution >= 0.6 is 0 Å². The molecule has 1 amide bonds. The molecular weight excluding hydrogens is 343 g/mol. The van der Waals surface area contributed by atoms with Crippen molar-refractivity contribution >= 4 is 15.9 Å². The van der Waals surface area contributed by atoms with E-state index in [1.165, 1.54) is 19.2 Å². The number of hydrogen-bond acceptors (Lipinski definition) is 3. The summed E-state index contributed by atoms with van der Waals surface area (Å²) in [5.74, 6) is -0.506. The van der Waals surface area contributed by atoms with Crippen LogP contribution in [0.5, 0.6) is 0 Å². The first-order valence-corrected chi connectivity index (χ1v) is 9.53. The van der Waals surface area contributed by atoms with Crippen LogP contribution in [-0.4, -0.2) is 21.4 Å². The van der Waals surface area contributed by atoms with E-state index in [0.717, 1.165) is 11.1 Å². The normalized spacial score (nSPS) is 11.3. The van der Waals surface area contributed by atoms with E-state index in [1.54, 1.807) is 36.4 Å². The molecular formula is C18H21FN2O3S. The maximum absolute atomic E-state index is 13.1. The minimum atomic E-state index is -3.29. The SMILES string of the molecule is CNS(=O)(=O)Cc1ccc(CNC(=O)CCc2cccc(F)c2)cc1. The van der Waals surface area contributed by atoms with Gasteiger partial charge < -0.3 is 5.32 Å². The zero-order chi connectivity index (χ0) is 18.3. The number of carbonyl (C=O) groups excluding carboxylic acids is 1. The third kappa shape index (κ3) is 6.64. The van der Waals surface area contributed by atoms with Crippen molar-refractivity contribution in [1.29, 1.82) is 0 Å². The average Bonchev–Trinajstić information content (AvgIpc) is 2.59. The van der Waals surface area contributed by atoms with Crippen molar-refractivity contribution in [1.82, 2.24) is 10.0 Å². The zero-order valence-corrected chi connectivity index (χ0v) is 14.8. The van der Waals surface area contributed by atoms with E-state index in [0.29, 0.717) is 18.5 Å². The van der Waals surface area contributed by atoms with Crippen LogP contribution in [0.25, 0.3) is 0 Å². The third-order valence-electron chi connectivity index (χ3n) is 3.71. The topological polar surface area (TPSA) is 75.3 Å². The standard InChI is InChI=1S/C18H21FN2O3S/c1-20-25(23,24)13-16-7-5-15(6-8-16)12-21-18(22)10-9-14-3-2-4-17(19)11-14/h2-8,11,20H,9-10,12-13H2,1H3,(H,21,22). The Labute approximate surface area is 147 Å². The molecule has 7 heteroatoms. The van der Waals surface area contributed by atoms with E-state index in [4.69, 9.17) is 0 Å². The number of halogens is 1. The van der Waals surface area contributed by atoms with Crippen molar-refractivity contribution in [3.05, 3.63) is 71.0 Å². The summed E-state index contributed by atoms with van der Waals surface area (Å²) in [5, 5.41) is 2.80. The van der Waals surface area contributed by atoms with Crippen molar-refractivity contribution in [3.8, 4) is 0 Å². The monoisotopic (exact) mass is 364 g/mol. The van der Waals surface area contributed by atoms with Crippen molar-refractivity contribution < 1.29 is 17.6 Å². The molecule has 0 aliphatic rings. The van der Waals surface area contributed by atoms with Gasteiger partial charge in [0.2, 0.25) is 15.9 Å². The fourth-order valence-electron chi connectivity index (χ4n) is 2.28. The van der Waals surface area contributed by atoms with Crippen LogP contribution in [0.3, 0.4) is 0 Å². The Morgan fingerprint density at radius 3 is 2.36 bits per heavy atom. The Kier molecular flexibility index (Phi) is 6.66. The molecule has 2 rings (SSSR count). The van der Waals surface area contributed by atoms with Crippen molar-refractivity contribution in [2.75, 3.05) is 7.05 Å². The van der Waals surface area contributed by atoms with Crippen molar-refractivity contribution in [2.24, 2.45) is 0 Å². The lowest BCUT2D eigenvalue weighted by Crippen LogP contribution is -2.23. The molecule has 25 heavy (non-hydrogen) atoms. The van der Waals surface area contributed by atoms with Gasteiger partial charge in [0.15, 0.2) is 0 Å². The van der Waals surface area contributed by atoms with Gasteiger partial charge in [-0.15, -0.1) is 0 Å². The van der Waals surface area contributed by atoms with Gasteiger partial charge in [-0.3, -0.25) is 4.79 Å². The molecule has 0 aliphatic carbocycles. The van der Waals surface area contributed by atoms with E-state index in [2.05, 4.69) is 10.0 Å². The Morgan fingerprint density at radius 2 is 1.72 bits per heavy atom. The Hall–Kier alpha value is -2.25. The van der Waals surface area contributed by atoms with Crippen LogP contribution in [0.1, 0.15) is 23.1 Å². The maximum Gasteiger partial charge on any atom is 0.220 e. The van der Waals surface area contributed by atoms with Gasteiger partial charge in [0.25, 0.3) is 0 Å². The summed E-state index contributed by atoms with van der Waals surface area (Å²) in [5.41, 5.74) is 2.34. The number of benzene rings is 2. The summed E-state index contributed by atoms with van der Waals surface area (Å²) in [4.78, 5) is 11.9. The van der Waals surface area contributed by atoms with Crippen LogP contribution in [0, 0.1) is 5.82 Å². The molecule has 134 valence electrons. The fourth-order valence-corrected chi connectivity index (χ4v) is 3.06. The summed E-state index contributed by atoms with van der Waals surface area (Å²) >= 11 is 0. The summed E-state index contributed by atoms with van der Waals surface area (Å²) < 4.78 is 38.3. The first-order valence-electron chi connectivity index (χ1n) is 7.88. The third-order valence-corrected chi connectivity index (χ3v) is 5.05. The second kappa shape index (κ2) is 8.73. The molecule has 2 aromatic carbocycles. The first-order chi connectivity index (χ1) is 11.9. The minimum absolute atomic E-state index is 0.0796. The number of rotatable bonds is 8. The molecule has 0 aromatic heterocycles. The summed E-state index contributed by atoms with van der Waals surface area (Å²) in [7, 11) is -1.92. The van der Waals surface area contributed by atoms with E-state index >= 15 is 0 Å². The molecule has 5 nitrogen and oxygen atoms in total. The predicted molar refractivity (Wildman–Crippen MR) is 94.7 cm³/mol. The Morgan fingerprint density at radius 1 is 1.04 bits per heavy atom. The van der Waals surface area contributed by atoms with Gasteiger partial charge in [-0.25, -0.2) is 17.5 Å². The van der Waals surface area contributed by atoms with E-state index in [9.17, 15) is 17.6 Å². The second-order valence-electron chi connectivity index (χ2n) is 5.69. The summed E-state index contributed by atoms with van der Waals surface area (Å²) in [6, 6.07) is 13.2. The molecule has 0 fully saturated rings.